The van der Waals surface area contributed by atoms with Gasteiger partial charge in [-0.25, -0.2) is 4.79 Å². The van der Waals surface area contributed by atoms with Crippen LogP contribution in [0.5, 0.6) is 0 Å². The summed E-state index contributed by atoms with van der Waals surface area (Å²) in [5, 5.41) is 11.8. The number of carboxylic acid groups (broad SMARTS) is 1. The third kappa shape index (κ3) is 5.04. The van der Waals surface area contributed by atoms with Gasteiger partial charge in [0.15, 0.2) is 0 Å². The number of nitrogens with one attached hydrogen (secondary N) is 1. The molecule has 0 fully saturated rings. The van der Waals surface area contributed by atoms with Crippen molar-refractivity contribution in [3.05, 3.63) is 33.3 Å². The second-order valence-electron chi connectivity index (χ2n) is 3.77. The Balaban J connectivity index is 2.78. The first-order valence-electron chi connectivity index (χ1n) is 5.43. The van der Waals surface area contributed by atoms with Crippen molar-refractivity contribution >= 4 is 51.2 Å². The van der Waals surface area contributed by atoms with E-state index in [4.69, 9.17) is 16.7 Å². The van der Waals surface area contributed by atoms with E-state index in [1.807, 2.05) is 6.26 Å². The molecule has 2 N–H and O–H groups in total. The van der Waals surface area contributed by atoms with Gasteiger partial charge in [-0.05, 0) is 36.6 Å². The molecule has 7 heteroatoms. The van der Waals surface area contributed by atoms with Gasteiger partial charge in [-0.3, -0.25) is 4.79 Å². The number of aliphatic carboxylic acids is 1. The molecule has 19 heavy (non-hydrogen) atoms. The number of benzene rings is 1. The molecule has 0 bridgehead atoms. The average Bonchev–Trinajstić information content (AvgIpc) is 2.33. The Labute approximate surface area is 129 Å². The second kappa shape index (κ2) is 7.77. The quantitative estimate of drug-likeness (QED) is 0.812. The zero-order valence-corrected chi connectivity index (χ0v) is 13.3. The van der Waals surface area contributed by atoms with Gasteiger partial charge in [0.05, 0.1) is 10.6 Å². The van der Waals surface area contributed by atoms with Crippen LogP contribution in [0.2, 0.25) is 5.02 Å². The molecule has 0 saturated carbocycles. The summed E-state index contributed by atoms with van der Waals surface area (Å²) in [4.78, 5) is 23.0. The molecular weight excluding hydrogens is 354 g/mol. The monoisotopic (exact) mass is 365 g/mol. The van der Waals surface area contributed by atoms with Gasteiger partial charge in [0.1, 0.15) is 6.04 Å². The molecule has 104 valence electrons. The topological polar surface area (TPSA) is 66.4 Å². The Hall–Kier alpha value is -0.720. The van der Waals surface area contributed by atoms with Crippen molar-refractivity contribution in [2.24, 2.45) is 0 Å². The van der Waals surface area contributed by atoms with E-state index in [-0.39, 0.29) is 10.6 Å². The van der Waals surface area contributed by atoms with E-state index in [1.165, 1.54) is 11.8 Å². The predicted octanol–water partition coefficient (Wildman–Crippen LogP) is 3.04. The van der Waals surface area contributed by atoms with Crippen LogP contribution in [0.15, 0.2) is 22.7 Å². The molecular formula is C12H13BrClNO3S. The largest absolute Gasteiger partial charge is 0.480 e. The van der Waals surface area contributed by atoms with E-state index in [2.05, 4.69) is 21.2 Å². The maximum absolute atomic E-state index is 12.0. The molecule has 1 rings (SSSR count). The molecule has 1 atom stereocenters. The minimum Gasteiger partial charge on any atom is -0.480 e. The SMILES string of the molecule is CSCC[C@H](NC(=O)c1ccc(Br)cc1Cl)C(=O)O. The Bertz CT molecular complexity index is 484. The van der Waals surface area contributed by atoms with Crippen molar-refractivity contribution in [1.29, 1.82) is 0 Å². The van der Waals surface area contributed by atoms with Gasteiger partial charge in [0.25, 0.3) is 5.91 Å². The first-order valence-corrected chi connectivity index (χ1v) is 8.00. The van der Waals surface area contributed by atoms with Crippen LogP contribution in [0.25, 0.3) is 0 Å². The molecule has 0 unspecified atom stereocenters. The summed E-state index contributed by atoms with van der Waals surface area (Å²) >= 11 is 10.7. The second-order valence-corrected chi connectivity index (χ2v) is 6.08. The van der Waals surface area contributed by atoms with Gasteiger partial charge in [-0.15, -0.1) is 0 Å². The highest BCUT2D eigenvalue weighted by molar-refractivity contribution is 9.10. The van der Waals surface area contributed by atoms with E-state index in [1.54, 1.807) is 18.2 Å². The fourth-order valence-electron chi connectivity index (χ4n) is 1.40. The molecule has 4 nitrogen and oxygen atoms in total. The Kier molecular flexibility index (Phi) is 6.68. The predicted molar refractivity (Wildman–Crippen MR) is 81.0 cm³/mol. The van der Waals surface area contributed by atoms with Crippen LogP contribution < -0.4 is 5.32 Å². The summed E-state index contributed by atoms with van der Waals surface area (Å²) < 4.78 is 0.756. The van der Waals surface area contributed by atoms with E-state index in [0.29, 0.717) is 12.2 Å². The van der Waals surface area contributed by atoms with Crippen molar-refractivity contribution in [2.45, 2.75) is 12.5 Å². The van der Waals surface area contributed by atoms with Crippen LogP contribution in [-0.2, 0) is 4.79 Å². The third-order valence-electron chi connectivity index (χ3n) is 2.39. The fourth-order valence-corrected chi connectivity index (χ4v) is 2.63. The number of halogens is 2. The highest BCUT2D eigenvalue weighted by Crippen LogP contribution is 2.21. The lowest BCUT2D eigenvalue weighted by Gasteiger charge is -2.14. The Morgan fingerprint density at radius 3 is 2.74 bits per heavy atom. The molecule has 1 amide bonds. The van der Waals surface area contributed by atoms with Crippen LogP contribution in [0, 0.1) is 0 Å². The van der Waals surface area contributed by atoms with Crippen molar-refractivity contribution < 1.29 is 14.7 Å². The zero-order chi connectivity index (χ0) is 14.4. The lowest BCUT2D eigenvalue weighted by atomic mass is 10.1. The molecule has 0 radical (unpaired) electrons. The molecule has 0 spiro atoms. The van der Waals surface area contributed by atoms with Gasteiger partial charge in [0, 0.05) is 4.47 Å². The lowest BCUT2D eigenvalue weighted by Crippen LogP contribution is -2.41. The number of amides is 1. The summed E-state index contributed by atoms with van der Waals surface area (Å²) in [6, 6.07) is 3.92. The fraction of sp³-hybridized carbons (Fsp3) is 0.333. The zero-order valence-electron chi connectivity index (χ0n) is 10.2. The van der Waals surface area contributed by atoms with E-state index >= 15 is 0 Å². The van der Waals surface area contributed by atoms with E-state index < -0.39 is 17.9 Å². The summed E-state index contributed by atoms with van der Waals surface area (Å²) in [5.74, 6) is -0.868. The van der Waals surface area contributed by atoms with E-state index in [0.717, 1.165) is 4.47 Å². The smallest absolute Gasteiger partial charge is 0.326 e. The van der Waals surface area contributed by atoms with Crippen LogP contribution >= 0.6 is 39.3 Å². The van der Waals surface area contributed by atoms with Crippen molar-refractivity contribution in [2.75, 3.05) is 12.0 Å². The summed E-state index contributed by atoms with van der Waals surface area (Å²) in [6.07, 6.45) is 2.25. The van der Waals surface area contributed by atoms with Gasteiger partial charge >= 0.3 is 5.97 Å². The van der Waals surface area contributed by atoms with Gasteiger partial charge in [-0.2, -0.15) is 11.8 Å². The molecule has 0 saturated heterocycles. The summed E-state index contributed by atoms with van der Waals surface area (Å²) in [6.45, 7) is 0. The van der Waals surface area contributed by atoms with Crippen molar-refractivity contribution in [3.8, 4) is 0 Å². The van der Waals surface area contributed by atoms with Crippen LogP contribution in [0.1, 0.15) is 16.8 Å². The van der Waals surface area contributed by atoms with Crippen LogP contribution in [-0.4, -0.2) is 35.0 Å². The lowest BCUT2D eigenvalue weighted by molar-refractivity contribution is -0.139. The molecule has 0 aliphatic heterocycles. The number of thioether (sulfide) groups is 1. The Morgan fingerprint density at radius 1 is 1.53 bits per heavy atom. The standard InChI is InChI=1S/C12H13BrClNO3S/c1-19-5-4-10(12(17)18)15-11(16)8-3-2-7(13)6-9(8)14/h2-3,6,10H,4-5H2,1H3,(H,15,16)(H,17,18)/t10-/m0/s1. The maximum atomic E-state index is 12.0. The number of carboxylic acids is 1. The first-order chi connectivity index (χ1) is 8.95. The number of hydrogen-bond donors (Lipinski definition) is 2. The highest BCUT2D eigenvalue weighted by Gasteiger charge is 2.21. The number of carbonyl (C=O) groups excluding carboxylic acids is 1. The van der Waals surface area contributed by atoms with Gasteiger partial charge in [0.2, 0.25) is 0 Å². The molecule has 1 aromatic carbocycles. The van der Waals surface area contributed by atoms with Crippen molar-refractivity contribution in [3.63, 3.8) is 0 Å². The molecule has 0 aliphatic rings. The van der Waals surface area contributed by atoms with E-state index in [9.17, 15) is 9.59 Å². The minimum absolute atomic E-state index is 0.264. The van der Waals surface area contributed by atoms with Crippen molar-refractivity contribution in [1.82, 2.24) is 5.32 Å². The molecule has 0 aromatic heterocycles. The van der Waals surface area contributed by atoms with Gasteiger partial charge < -0.3 is 10.4 Å². The third-order valence-corrected chi connectivity index (χ3v) is 3.84. The molecule has 1 aromatic rings. The Morgan fingerprint density at radius 2 is 2.21 bits per heavy atom. The van der Waals surface area contributed by atoms with Crippen LogP contribution in [0.4, 0.5) is 0 Å². The molecule has 0 aliphatic carbocycles. The normalized spacial score (nSPS) is 11.9. The molecule has 0 heterocycles. The van der Waals surface area contributed by atoms with Gasteiger partial charge in [-0.1, -0.05) is 27.5 Å². The summed E-state index contributed by atoms with van der Waals surface area (Å²) in [5.41, 5.74) is 0.264. The average molecular weight is 367 g/mol. The first kappa shape index (κ1) is 16.3. The number of rotatable bonds is 6. The summed E-state index contributed by atoms with van der Waals surface area (Å²) in [7, 11) is 0. The maximum Gasteiger partial charge on any atom is 0.326 e. The number of carbonyl (C=O) groups is 2. The minimum atomic E-state index is -1.05. The van der Waals surface area contributed by atoms with Crippen LogP contribution in [0.3, 0.4) is 0 Å². The number of hydrogen-bond acceptors (Lipinski definition) is 3. The highest BCUT2D eigenvalue weighted by atomic mass is 79.9.